The highest BCUT2D eigenvalue weighted by Crippen LogP contribution is 2.29. The molecule has 1 N–H and O–H groups in total. The molecule has 0 aliphatic carbocycles. The molecule has 1 aromatic heterocycles. The summed E-state index contributed by atoms with van der Waals surface area (Å²) in [6.45, 7) is -0.115. The standard InChI is InChI=1S/C28H22FN3O7/c29-19-8-11-22-23(14-30-24(22)12-19)26(33)25-13-21(39-27(34)18-6-9-20(10-7-18)32(36)37)15-31(25)28(35)38-16-17-4-2-1-3-5-17/h1-12,14,21,25,30H,13,15-16H2/t21-,25-/m0/s1. The maximum Gasteiger partial charge on any atom is 0.410 e. The lowest BCUT2D eigenvalue weighted by Gasteiger charge is -2.22. The second-order valence-corrected chi connectivity index (χ2v) is 9.03. The van der Waals surface area contributed by atoms with Crippen LogP contribution in [0.5, 0.6) is 0 Å². The zero-order chi connectivity index (χ0) is 27.5. The number of fused-ring (bicyclic) bond motifs is 1. The number of aromatic amines is 1. The van der Waals surface area contributed by atoms with Crippen LogP contribution in [-0.4, -0.2) is 51.3 Å². The lowest BCUT2D eigenvalue weighted by molar-refractivity contribution is -0.384. The molecular weight excluding hydrogens is 509 g/mol. The Kier molecular flexibility index (Phi) is 7.04. The van der Waals surface area contributed by atoms with Crippen molar-refractivity contribution in [2.24, 2.45) is 0 Å². The quantitative estimate of drug-likeness (QED) is 0.153. The number of rotatable bonds is 7. The number of likely N-dealkylation sites (tertiary alicyclic amines) is 1. The number of esters is 1. The fourth-order valence-corrected chi connectivity index (χ4v) is 4.56. The lowest BCUT2D eigenvalue weighted by atomic mass is 10.0. The molecule has 10 nitrogen and oxygen atoms in total. The van der Waals surface area contributed by atoms with E-state index in [4.69, 9.17) is 9.47 Å². The summed E-state index contributed by atoms with van der Waals surface area (Å²) in [5, 5.41) is 11.4. The predicted molar refractivity (Wildman–Crippen MR) is 137 cm³/mol. The number of H-pyrrole nitrogens is 1. The van der Waals surface area contributed by atoms with Gasteiger partial charge < -0.3 is 14.5 Å². The Bertz CT molecular complexity index is 1550. The first-order valence-electron chi connectivity index (χ1n) is 12.0. The summed E-state index contributed by atoms with van der Waals surface area (Å²) < 4.78 is 24.7. The summed E-state index contributed by atoms with van der Waals surface area (Å²) in [4.78, 5) is 53.9. The largest absolute Gasteiger partial charge is 0.457 e. The minimum atomic E-state index is -1.01. The van der Waals surface area contributed by atoms with Crippen LogP contribution in [0.1, 0.15) is 32.7 Å². The summed E-state index contributed by atoms with van der Waals surface area (Å²) >= 11 is 0. The normalized spacial score (nSPS) is 16.7. The van der Waals surface area contributed by atoms with Gasteiger partial charge in [0.05, 0.1) is 17.0 Å². The summed E-state index contributed by atoms with van der Waals surface area (Å²) in [7, 11) is 0. The number of carbonyl (C=O) groups excluding carboxylic acids is 3. The molecule has 0 radical (unpaired) electrons. The predicted octanol–water partition coefficient (Wildman–Crippen LogP) is 5.03. The number of hydrogen-bond acceptors (Lipinski definition) is 7. The lowest BCUT2D eigenvalue weighted by Crippen LogP contribution is -2.41. The number of Topliss-reactive ketones (excluding diaryl/α,β-unsaturated/α-hetero) is 1. The van der Waals surface area contributed by atoms with Gasteiger partial charge in [0.25, 0.3) is 5.69 Å². The van der Waals surface area contributed by atoms with Crippen molar-refractivity contribution in [3.05, 3.63) is 112 Å². The Morgan fingerprint density at radius 2 is 1.79 bits per heavy atom. The Morgan fingerprint density at radius 3 is 2.51 bits per heavy atom. The third kappa shape index (κ3) is 5.47. The van der Waals surface area contributed by atoms with Gasteiger partial charge in [0.15, 0.2) is 5.78 Å². The van der Waals surface area contributed by atoms with Gasteiger partial charge in [0.1, 0.15) is 24.6 Å². The van der Waals surface area contributed by atoms with Gasteiger partial charge in [-0.15, -0.1) is 0 Å². The van der Waals surface area contributed by atoms with Crippen molar-refractivity contribution >= 4 is 34.4 Å². The second-order valence-electron chi connectivity index (χ2n) is 9.03. The first kappa shape index (κ1) is 25.6. The van der Waals surface area contributed by atoms with Gasteiger partial charge in [-0.2, -0.15) is 0 Å². The van der Waals surface area contributed by atoms with Crippen molar-refractivity contribution in [3.8, 4) is 0 Å². The van der Waals surface area contributed by atoms with E-state index in [9.17, 15) is 28.9 Å². The maximum atomic E-state index is 13.7. The Balaban J connectivity index is 1.36. The van der Waals surface area contributed by atoms with Crippen LogP contribution >= 0.6 is 0 Å². The number of nitrogens with zero attached hydrogens (tertiary/aromatic N) is 2. The highest BCUT2D eigenvalue weighted by atomic mass is 19.1. The fourth-order valence-electron chi connectivity index (χ4n) is 4.56. The van der Waals surface area contributed by atoms with Crippen LogP contribution in [0, 0.1) is 15.9 Å². The molecular formula is C28H22FN3O7. The third-order valence-electron chi connectivity index (χ3n) is 6.50. The van der Waals surface area contributed by atoms with Crippen LogP contribution in [-0.2, 0) is 16.1 Å². The van der Waals surface area contributed by atoms with E-state index in [2.05, 4.69) is 4.98 Å². The summed E-state index contributed by atoms with van der Waals surface area (Å²) in [6, 6.07) is 16.9. The van der Waals surface area contributed by atoms with E-state index in [0.29, 0.717) is 10.9 Å². The Labute approximate surface area is 221 Å². The molecule has 1 saturated heterocycles. The molecule has 2 atom stereocenters. The molecule has 2 heterocycles. The minimum Gasteiger partial charge on any atom is -0.457 e. The van der Waals surface area contributed by atoms with Crippen LogP contribution in [0.2, 0.25) is 0 Å². The van der Waals surface area contributed by atoms with Gasteiger partial charge in [0, 0.05) is 41.2 Å². The van der Waals surface area contributed by atoms with Crippen LogP contribution in [0.15, 0.2) is 79.0 Å². The monoisotopic (exact) mass is 531 g/mol. The fraction of sp³-hybridized carbons (Fsp3) is 0.179. The number of benzene rings is 3. The number of halogens is 1. The summed E-state index contributed by atoms with van der Waals surface area (Å²) in [5.41, 5.74) is 1.36. The molecule has 0 saturated carbocycles. The smallest absolute Gasteiger partial charge is 0.410 e. The zero-order valence-electron chi connectivity index (χ0n) is 20.4. The number of nitrogens with one attached hydrogen (secondary N) is 1. The van der Waals surface area contributed by atoms with Crippen molar-refractivity contribution in [1.29, 1.82) is 0 Å². The molecule has 1 aliphatic rings. The molecule has 11 heteroatoms. The van der Waals surface area contributed by atoms with Crippen LogP contribution in [0.25, 0.3) is 10.9 Å². The van der Waals surface area contributed by atoms with Crippen molar-refractivity contribution in [1.82, 2.24) is 9.88 Å². The molecule has 39 heavy (non-hydrogen) atoms. The average Bonchev–Trinajstić information content (AvgIpc) is 3.56. The number of hydrogen-bond donors (Lipinski definition) is 1. The number of carbonyl (C=O) groups is 3. The van der Waals surface area contributed by atoms with Crippen LogP contribution in [0.4, 0.5) is 14.9 Å². The van der Waals surface area contributed by atoms with Gasteiger partial charge in [-0.25, -0.2) is 14.0 Å². The third-order valence-corrected chi connectivity index (χ3v) is 6.50. The van der Waals surface area contributed by atoms with Crippen LogP contribution in [0.3, 0.4) is 0 Å². The number of ether oxygens (including phenoxy) is 2. The van der Waals surface area contributed by atoms with Crippen molar-refractivity contribution in [2.75, 3.05) is 6.54 Å². The molecule has 0 bridgehead atoms. The maximum absolute atomic E-state index is 13.7. The van der Waals surface area contributed by atoms with E-state index in [0.717, 1.165) is 5.56 Å². The van der Waals surface area contributed by atoms with Gasteiger partial charge >= 0.3 is 12.1 Å². The van der Waals surface area contributed by atoms with Gasteiger partial charge in [-0.3, -0.25) is 19.8 Å². The highest BCUT2D eigenvalue weighted by molar-refractivity contribution is 6.11. The number of nitro benzene ring substituents is 1. The van der Waals surface area contributed by atoms with Crippen molar-refractivity contribution < 1.29 is 33.2 Å². The molecule has 5 rings (SSSR count). The molecule has 198 valence electrons. The van der Waals surface area contributed by atoms with E-state index in [-0.39, 0.29) is 36.4 Å². The topological polar surface area (TPSA) is 132 Å². The number of amides is 1. The van der Waals surface area contributed by atoms with E-state index < -0.39 is 40.7 Å². The minimum absolute atomic E-state index is 0.00581. The SMILES string of the molecule is O=C(O[C@H]1C[C@@H](C(=O)c2c[nH]c3cc(F)ccc23)N(C(=O)OCc2ccccc2)C1)c1ccc([N+](=O)[O-])cc1. The second kappa shape index (κ2) is 10.7. The van der Waals surface area contributed by atoms with Gasteiger partial charge in [0.2, 0.25) is 0 Å². The van der Waals surface area contributed by atoms with E-state index in [1.54, 1.807) is 24.3 Å². The van der Waals surface area contributed by atoms with Crippen molar-refractivity contribution in [3.63, 3.8) is 0 Å². The average molecular weight is 531 g/mol. The Morgan fingerprint density at radius 1 is 1.05 bits per heavy atom. The molecule has 1 amide bonds. The first-order valence-corrected chi connectivity index (χ1v) is 12.0. The van der Waals surface area contributed by atoms with Crippen LogP contribution < -0.4 is 0 Å². The zero-order valence-corrected chi connectivity index (χ0v) is 20.4. The number of ketones is 1. The molecule has 0 spiro atoms. The summed E-state index contributed by atoms with van der Waals surface area (Å²) in [5.74, 6) is -1.63. The molecule has 3 aromatic carbocycles. The van der Waals surface area contributed by atoms with E-state index in [1.165, 1.54) is 53.6 Å². The molecule has 1 aliphatic heterocycles. The number of aromatic nitrogens is 1. The first-order chi connectivity index (χ1) is 18.8. The van der Waals surface area contributed by atoms with Gasteiger partial charge in [-0.05, 0) is 35.9 Å². The number of nitro groups is 1. The molecule has 1 fully saturated rings. The van der Waals surface area contributed by atoms with Gasteiger partial charge in [-0.1, -0.05) is 30.3 Å². The van der Waals surface area contributed by atoms with E-state index in [1.807, 2.05) is 6.07 Å². The van der Waals surface area contributed by atoms with E-state index >= 15 is 0 Å². The highest BCUT2D eigenvalue weighted by Gasteiger charge is 2.43. The summed E-state index contributed by atoms with van der Waals surface area (Å²) in [6.07, 6.45) is -0.132. The molecule has 4 aromatic rings. The molecule has 0 unspecified atom stereocenters. The van der Waals surface area contributed by atoms with Crippen molar-refractivity contribution in [2.45, 2.75) is 25.2 Å². The Hall–Kier alpha value is -5.06. The number of non-ortho nitro benzene ring substituents is 1.